The third kappa shape index (κ3) is 5.20. The molecule has 5 heteroatoms. The Morgan fingerprint density at radius 1 is 1.17 bits per heavy atom. The highest BCUT2D eigenvalue weighted by Gasteiger charge is 2.24. The van der Waals surface area contributed by atoms with Crippen LogP contribution in [0.4, 0.5) is 0 Å². The summed E-state index contributed by atoms with van der Waals surface area (Å²) in [5.74, 6) is -0.188. The maximum Gasteiger partial charge on any atom is 0.251 e. The van der Waals surface area contributed by atoms with Gasteiger partial charge >= 0.3 is 0 Å². The van der Waals surface area contributed by atoms with Gasteiger partial charge in [0.1, 0.15) is 0 Å². The summed E-state index contributed by atoms with van der Waals surface area (Å²) in [6.45, 7) is 3.93. The predicted molar refractivity (Wildman–Crippen MR) is 93.4 cm³/mol. The van der Waals surface area contributed by atoms with E-state index in [4.69, 9.17) is 0 Å². The van der Waals surface area contributed by atoms with Crippen LogP contribution in [0.15, 0.2) is 36.9 Å². The average Bonchev–Trinajstić information content (AvgIpc) is 2.84. The lowest BCUT2D eigenvalue weighted by atomic mass is 9.95. The van der Waals surface area contributed by atoms with E-state index in [-0.39, 0.29) is 30.4 Å². The Labute approximate surface area is 143 Å². The Balaban J connectivity index is 1.93. The number of carbonyl (C=O) groups excluding carboxylic acids is 2. The molecule has 1 fully saturated rings. The van der Waals surface area contributed by atoms with Crippen LogP contribution in [-0.4, -0.2) is 29.6 Å². The monoisotopic (exact) mass is 330 g/mol. The van der Waals surface area contributed by atoms with Gasteiger partial charge in [0, 0.05) is 30.7 Å². The summed E-state index contributed by atoms with van der Waals surface area (Å²) >= 11 is 0. The third-order valence-corrected chi connectivity index (χ3v) is 4.58. The van der Waals surface area contributed by atoms with Crippen LogP contribution in [0, 0.1) is 5.92 Å². The van der Waals surface area contributed by atoms with E-state index < -0.39 is 0 Å². The number of nitrogens with one attached hydrogen (secondary N) is 2. The summed E-state index contributed by atoms with van der Waals surface area (Å²) < 4.78 is 0. The molecule has 5 nitrogen and oxygen atoms in total. The molecule has 1 aliphatic carbocycles. The number of hydrogen-bond acceptors (Lipinski definition) is 3. The molecule has 130 valence electrons. The van der Waals surface area contributed by atoms with Crippen LogP contribution in [0.5, 0.6) is 0 Å². The van der Waals surface area contributed by atoms with Crippen LogP contribution < -0.4 is 10.6 Å². The molecule has 24 heavy (non-hydrogen) atoms. The van der Waals surface area contributed by atoms with Crippen molar-refractivity contribution in [3.63, 3.8) is 0 Å². The van der Waals surface area contributed by atoms with Crippen LogP contribution in [-0.2, 0) is 11.3 Å². The van der Waals surface area contributed by atoms with Crippen molar-refractivity contribution in [3.8, 4) is 0 Å². The zero-order valence-corrected chi connectivity index (χ0v) is 14.0. The van der Waals surface area contributed by atoms with Gasteiger partial charge in [0.25, 0.3) is 5.91 Å². The lowest BCUT2D eigenvalue weighted by Crippen LogP contribution is -2.41. The molecular formula is C19H26N2O3. The molecular weight excluding hydrogens is 304 g/mol. The van der Waals surface area contributed by atoms with Crippen molar-refractivity contribution in [1.82, 2.24) is 10.6 Å². The Kier molecular flexibility index (Phi) is 7.00. The summed E-state index contributed by atoms with van der Waals surface area (Å²) in [5, 5.41) is 15.3. The second-order valence-electron chi connectivity index (χ2n) is 6.28. The molecule has 2 amide bonds. The van der Waals surface area contributed by atoms with Crippen molar-refractivity contribution in [1.29, 1.82) is 0 Å². The molecule has 1 saturated carbocycles. The Hall–Kier alpha value is -2.14. The van der Waals surface area contributed by atoms with Crippen LogP contribution in [0.1, 0.15) is 48.0 Å². The molecule has 1 aliphatic rings. The molecule has 3 N–H and O–H groups in total. The van der Waals surface area contributed by atoms with Crippen LogP contribution in [0.25, 0.3) is 0 Å². The van der Waals surface area contributed by atoms with Crippen molar-refractivity contribution >= 4 is 11.8 Å². The van der Waals surface area contributed by atoms with E-state index in [0.29, 0.717) is 12.1 Å². The molecule has 2 atom stereocenters. The van der Waals surface area contributed by atoms with E-state index in [1.807, 2.05) is 12.1 Å². The number of carbonyl (C=O) groups is 2. The minimum atomic E-state index is -0.222. The van der Waals surface area contributed by atoms with Gasteiger partial charge < -0.3 is 15.7 Å². The smallest absolute Gasteiger partial charge is 0.251 e. The predicted octanol–water partition coefficient (Wildman–Crippen LogP) is 2.16. The number of amides is 2. The van der Waals surface area contributed by atoms with E-state index in [1.54, 1.807) is 12.1 Å². The summed E-state index contributed by atoms with van der Waals surface area (Å²) in [6.07, 6.45) is 6.47. The molecule has 1 aromatic rings. The molecule has 0 radical (unpaired) electrons. The minimum absolute atomic E-state index is 0.0385. The largest absolute Gasteiger partial charge is 0.396 e. The van der Waals surface area contributed by atoms with E-state index in [2.05, 4.69) is 17.2 Å². The Morgan fingerprint density at radius 3 is 2.54 bits per heavy atom. The molecule has 0 aromatic heterocycles. The van der Waals surface area contributed by atoms with Gasteiger partial charge in [-0.05, 0) is 36.6 Å². The molecule has 2 rings (SSSR count). The molecule has 0 spiro atoms. The van der Waals surface area contributed by atoms with Gasteiger partial charge in [-0.2, -0.15) is 0 Å². The number of hydrogen-bond donors (Lipinski definition) is 3. The topological polar surface area (TPSA) is 78.4 Å². The molecule has 2 unspecified atom stereocenters. The lowest BCUT2D eigenvalue weighted by molar-refractivity contribution is -0.116. The van der Waals surface area contributed by atoms with E-state index in [9.17, 15) is 14.7 Å². The normalized spacial score (nSPS) is 20.7. The summed E-state index contributed by atoms with van der Waals surface area (Å²) in [5.41, 5.74) is 1.51. The minimum Gasteiger partial charge on any atom is -0.396 e. The fourth-order valence-corrected chi connectivity index (χ4v) is 3.08. The first kappa shape index (κ1) is 18.2. The maximum atomic E-state index is 12.4. The Morgan fingerprint density at radius 2 is 1.88 bits per heavy atom. The molecule has 0 aliphatic heterocycles. The number of aliphatic hydroxyl groups excluding tert-OH is 1. The second-order valence-corrected chi connectivity index (χ2v) is 6.28. The molecule has 0 bridgehead atoms. The van der Waals surface area contributed by atoms with Crippen molar-refractivity contribution in [2.24, 2.45) is 5.92 Å². The molecule has 0 saturated heterocycles. The van der Waals surface area contributed by atoms with Gasteiger partial charge in [0.2, 0.25) is 5.91 Å². The van der Waals surface area contributed by atoms with Crippen molar-refractivity contribution in [2.75, 3.05) is 6.61 Å². The zero-order valence-electron chi connectivity index (χ0n) is 14.0. The number of benzene rings is 1. The van der Waals surface area contributed by atoms with Gasteiger partial charge in [-0.3, -0.25) is 9.59 Å². The lowest BCUT2D eigenvalue weighted by Gasteiger charge is -2.24. The second kappa shape index (κ2) is 9.23. The van der Waals surface area contributed by atoms with E-state index in [1.165, 1.54) is 6.08 Å². The number of rotatable bonds is 6. The first-order chi connectivity index (χ1) is 11.6. The van der Waals surface area contributed by atoms with Gasteiger partial charge in [0.15, 0.2) is 0 Å². The maximum absolute atomic E-state index is 12.4. The molecule has 0 heterocycles. The summed E-state index contributed by atoms with van der Waals surface area (Å²) in [6, 6.07) is 7.21. The van der Waals surface area contributed by atoms with Crippen molar-refractivity contribution in [3.05, 3.63) is 48.0 Å². The highest BCUT2D eigenvalue weighted by atomic mass is 16.3. The van der Waals surface area contributed by atoms with Crippen LogP contribution >= 0.6 is 0 Å². The van der Waals surface area contributed by atoms with Gasteiger partial charge in [-0.15, -0.1) is 0 Å². The van der Waals surface area contributed by atoms with Crippen molar-refractivity contribution in [2.45, 2.75) is 44.7 Å². The van der Waals surface area contributed by atoms with Crippen LogP contribution in [0.3, 0.4) is 0 Å². The van der Waals surface area contributed by atoms with Crippen LogP contribution in [0.2, 0.25) is 0 Å². The fourth-order valence-electron chi connectivity index (χ4n) is 3.08. The van der Waals surface area contributed by atoms with Gasteiger partial charge in [-0.1, -0.05) is 38.0 Å². The third-order valence-electron chi connectivity index (χ3n) is 4.58. The van der Waals surface area contributed by atoms with E-state index in [0.717, 1.165) is 37.7 Å². The fraction of sp³-hybridized carbons (Fsp3) is 0.474. The highest BCUT2D eigenvalue weighted by molar-refractivity contribution is 5.94. The Bertz CT molecular complexity index is 568. The first-order valence-electron chi connectivity index (χ1n) is 8.55. The summed E-state index contributed by atoms with van der Waals surface area (Å²) in [4.78, 5) is 23.6. The standard InChI is InChI=1S/C19H26N2O3/c1-2-18(23)20-12-14-8-10-15(11-9-14)19(24)21-17-7-5-3-4-6-16(17)13-22/h2,8-11,16-17,22H,1,3-7,12-13H2,(H,20,23)(H,21,24). The summed E-state index contributed by atoms with van der Waals surface area (Å²) in [7, 11) is 0. The van der Waals surface area contributed by atoms with Gasteiger partial charge in [0.05, 0.1) is 0 Å². The highest BCUT2D eigenvalue weighted by Crippen LogP contribution is 2.23. The van der Waals surface area contributed by atoms with E-state index >= 15 is 0 Å². The molecule has 1 aromatic carbocycles. The number of aliphatic hydroxyl groups is 1. The zero-order chi connectivity index (χ0) is 17.4. The average molecular weight is 330 g/mol. The first-order valence-corrected chi connectivity index (χ1v) is 8.55. The van der Waals surface area contributed by atoms with Gasteiger partial charge in [-0.25, -0.2) is 0 Å². The van der Waals surface area contributed by atoms with Crippen molar-refractivity contribution < 1.29 is 14.7 Å². The SMILES string of the molecule is C=CC(=O)NCc1ccc(C(=O)NC2CCCCCC2CO)cc1. The quantitative estimate of drug-likeness (QED) is 0.552.